The Morgan fingerprint density at radius 1 is 1.63 bits per heavy atom. The SMILES string of the molecule is CCOC(=O)c1nc(C(=O)N2CCOC(C)C2)cs1. The van der Waals surface area contributed by atoms with Crippen LogP contribution in [0.1, 0.15) is 34.1 Å². The first-order chi connectivity index (χ1) is 9.11. The van der Waals surface area contributed by atoms with Gasteiger partial charge in [0.1, 0.15) is 5.69 Å². The number of carbonyl (C=O) groups is 2. The van der Waals surface area contributed by atoms with Gasteiger partial charge in [-0.15, -0.1) is 11.3 Å². The quantitative estimate of drug-likeness (QED) is 0.780. The highest BCUT2D eigenvalue weighted by Crippen LogP contribution is 2.15. The van der Waals surface area contributed by atoms with E-state index in [1.54, 1.807) is 17.2 Å². The molecule has 1 saturated heterocycles. The molecule has 0 saturated carbocycles. The van der Waals surface area contributed by atoms with Gasteiger partial charge in [-0.05, 0) is 13.8 Å². The number of amides is 1. The van der Waals surface area contributed by atoms with Gasteiger partial charge >= 0.3 is 5.97 Å². The highest BCUT2D eigenvalue weighted by molar-refractivity contribution is 7.11. The second-order valence-electron chi connectivity index (χ2n) is 4.19. The molecule has 1 aromatic heterocycles. The fourth-order valence-corrected chi connectivity index (χ4v) is 2.51. The first-order valence-corrected chi connectivity index (χ1v) is 7.03. The van der Waals surface area contributed by atoms with E-state index in [-0.39, 0.29) is 17.0 Å². The van der Waals surface area contributed by atoms with Crippen LogP contribution in [-0.2, 0) is 9.47 Å². The molecule has 6 nitrogen and oxygen atoms in total. The third-order valence-electron chi connectivity index (χ3n) is 2.70. The Bertz CT molecular complexity index is 474. The topological polar surface area (TPSA) is 68.7 Å². The largest absolute Gasteiger partial charge is 0.461 e. The van der Waals surface area contributed by atoms with Gasteiger partial charge in [0.15, 0.2) is 0 Å². The molecule has 1 amide bonds. The minimum atomic E-state index is -0.484. The lowest BCUT2D eigenvalue weighted by molar-refractivity contribution is -0.0126. The van der Waals surface area contributed by atoms with E-state index < -0.39 is 5.97 Å². The summed E-state index contributed by atoms with van der Waals surface area (Å²) < 4.78 is 10.2. The smallest absolute Gasteiger partial charge is 0.367 e. The Morgan fingerprint density at radius 3 is 3.11 bits per heavy atom. The maximum Gasteiger partial charge on any atom is 0.367 e. The lowest BCUT2D eigenvalue weighted by Crippen LogP contribution is -2.44. The number of aromatic nitrogens is 1. The van der Waals surface area contributed by atoms with Gasteiger partial charge in [-0.2, -0.15) is 0 Å². The van der Waals surface area contributed by atoms with Gasteiger partial charge in [-0.25, -0.2) is 9.78 Å². The van der Waals surface area contributed by atoms with E-state index in [9.17, 15) is 9.59 Å². The number of hydrogen-bond acceptors (Lipinski definition) is 6. The summed E-state index contributed by atoms with van der Waals surface area (Å²) in [5, 5.41) is 1.81. The van der Waals surface area contributed by atoms with Crippen LogP contribution in [0.4, 0.5) is 0 Å². The number of morpholine rings is 1. The van der Waals surface area contributed by atoms with E-state index in [0.29, 0.717) is 32.0 Å². The van der Waals surface area contributed by atoms with Crippen molar-refractivity contribution in [1.29, 1.82) is 0 Å². The van der Waals surface area contributed by atoms with Crippen molar-refractivity contribution < 1.29 is 19.1 Å². The Hall–Kier alpha value is -1.47. The van der Waals surface area contributed by atoms with Crippen LogP contribution in [0.5, 0.6) is 0 Å². The molecule has 0 N–H and O–H groups in total. The zero-order valence-corrected chi connectivity index (χ0v) is 11.7. The van der Waals surface area contributed by atoms with Crippen molar-refractivity contribution in [3.63, 3.8) is 0 Å². The summed E-state index contributed by atoms with van der Waals surface area (Å²) in [7, 11) is 0. The molecule has 0 aliphatic carbocycles. The van der Waals surface area contributed by atoms with Crippen LogP contribution >= 0.6 is 11.3 Å². The summed E-state index contributed by atoms with van der Waals surface area (Å²) in [4.78, 5) is 29.4. The van der Waals surface area contributed by atoms with Crippen molar-refractivity contribution in [2.24, 2.45) is 0 Å². The highest BCUT2D eigenvalue weighted by atomic mass is 32.1. The number of ether oxygens (including phenoxy) is 2. The molecule has 1 unspecified atom stereocenters. The maximum absolute atomic E-state index is 12.2. The zero-order valence-electron chi connectivity index (χ0n) is 10.9. The van der Waals surface area contributed by atoms with E-state index in [1.165, 1.54) is 0 Å². The van der Waals surface area contributed by atoms with Gasteiger partial charge in [0, 0.05) is 18.5 Å². The number of esters is 1. The van der Waals surface area contributed by atoms with Crippen LogP contribution in [0, 0.1) is 0 Å². The Kier molecular flexibility index (Phi) is 4.49. The predicted molar refractivity (Wildman–Crippen MR) is 69.4 cm³/mol. The van der Waals surface area contributed by atoms with Crippen molar-refractivity contribution in [2.45, 2.75) is 20.0 Å². The fraction of sp³-hybridized carbons (Fsp3) is 0.583. The third-order valence-corrected chi connectivity index (χ3v) is 3.52. The number of carbonyl (C=O) groups excluding carboxylic acids is 2. The third kappa shape index (κ3) is 3.30. The molecule has 0 aromatic carbocycles. The molecule has 1 fully saturated rings. The van der Waals surface area contributed by atoms with Crippen LogP contribution in [0.2, 0.25) is 0 Å². The number of hydrogen-bond donors (Lipinski definition) is 0. The van der Waals surface area contributed by atoms with E-state index in [1.807, 2.05) is 6.92 Å². The van der Waals surface area contributed by atoms with Gasteiger partial charge in [0.2, 0.25) is 5.01 Å². The van der Waals surface area contributed by atoms with Crippen molar-refractivity contribution in [2.75, 3.05) is 26.3 Å². The second kappa shape index (κ2) is 6.12. The van der Waals surface area contributed by atoms with Crippen LogP contribution in [0.25, 0.3) is 0 Å². The summed E-state index contributed by atoms with van der Waals surface area (Å²) in [6.45, 7) is 5.57. The molecule has 0 spiro atoms. The number of rotatable bonds is 3. The molecule has 1 aliphatic rings. The fourth-order valence-electron chi connectivity index (χ4n) is 1.82. The van der Waals surface area contributed by atoms with Gasteiger partial charge < -0.3 is 14.4 Å². The standard InChI is InChI=1S/C12H16N2O4S/c1-3-17-12(16)10-13-9(7-19-10)11(15)14-4-5-18-8(2)6-14/h7-8H,3-6H2,1-2H3. The Labute approximate surface area is 115 Å². The molecule has 7 heteroatoms. The van der Waals surface area contributed by atoms with Crippen molar-refractivity contribution >= 4 is 23.2 Å². The average Bonchev–Trinajstić information content (AvgIpc) is 2.88. The van der Waals surface area contributed by atoms with Gasteiger partial charge in [-0.1, -0.05) is 0 Å². The molecule has 2 rings (SSSR count). The van der Waals surface area contributed by atoms with Gasteiger partial charge in [-0.3, -0.25) is 4.79 Å². The van der Waals surface area contributed by atoms with E-state index in [2.05, 4.69) is 4.98 Å². The number of nitrogens with zero attached hydrogens (tertiary/aromatic N) is 2. The molecule has 19 heavy (non-hydrogen) atoms. The van der Waals surface area contributed by atoms with Crippen molar-refractivity contribution in [1.82, 2.24) is 9.88 Å². The predicted octanol–water partition coefficient (Wildman–Crippen LogP) is 1.18. The van der Waals surface area contributed by atoms with Gasteiger partial charge in [0.05, 0.1) is 19.3 Å². The molecular formula is C12H16N2O4S. The molecule has 1 aromatic rings. The van der Waals surface area contributed by atoms with Crippen LogP contribution in [0.15, 0.2) is 5.38 Å². The number of thiazole rings is 1. The molecule has 104 valence electrons. The molecule has 2 heterocycles. The molecule has 1 aliphatic heterocycles. The minimum Gasteiger partial charge on any atom is -0.461 e. The summed E-state index contributed by atoms with van der Waals surface area (Å²) >= 11 is 1.13. The van der Waals surface area contributed by atoms with Crippen LogP contribution < -0.4 is 0 Å². The lowest BCUT2D eigenvalue weighted by atomic mass is 10.3. The first-order valence-electron chi connectivity index (χ1n) is 6.15. The zero-order chi connectivity index (χ0) is 13.8. The van der Waals surface area contributed by atoms with E-state index in [4.69, 9.17) is 9.47 Å². The van der Waals surface area contributed by atoms with E-state index in [0.717, 1.165) is 11.3 Å². The normalized spacial score (nSPS) is 19.3. The van der Waals surface area contributed by atoms with Gasteiger partial charge in [0.25, 0.3) is 5.91 Å². The Balaban J connectivity index is 2.05. The lowest BCUT2D eigenvalue weighted by Gasteiger charge is -2.30. The summed E-state index contributed by atoms with van der Waals surface area (Å²) in [6, 6.07) is 0. The van der Waals surface area contributed by atoms with Crippen LogP contribution in [-0.4, -0.2) is 54.2 Å². The molecular weight excluding hydrogens is 268 g/mol. The summed E-state index contributed by atoms with van der Waals surface area (Å²) in [5.41, 5.74) is 0.294. The monoisotopic (exact) mass is 284 g/mol. The summed E-state index contributed by atoms with van der Waals surface area (Å²) in [6.07, 6.45) is 0.0286. The average molecular weight is 284 g/mol. The first kappa shape index (κ1) is 14.0. The van der Waals surface area contributed by atoms with E-state index >= 15 is 0 Å². The molecule has 0 radical (unpaired) electrons. The Morgan fingerprint density at radius 2 is 2.42 bits per heavy atom. The molecule has 0 bridgehead atoms. The van der Waals surface area contributed by atoms with Crippen LogP contribution in [0.3, 0.4) is 0 Å². The maximum atomic E-state index is 12.2. The summed E-state index contributed by atoms with van der Waals surface area (Å²) in [5.74, 6) is -0.649. The molecule has 1 atom stereocenters. The second-order valence-corrected chi connectivity index (χ2v) is 5.05. The highest BCUT2D eigenvalue weighted by Gasteiger charge is 2.25. The van der Waals surface area contributed by atoms with Crippen molar-refractivity contribution in [3.05, 3.63) is 16.1 Å². The van der Waals surface area contributed by atoms with Crippen molar-refractivity contribution in [3.8, 4) is 0 Å². The minimum absolute atomic E-state index is 0.0286.